The van der Waals surface area contributed by atoms with Gasteiger partial charge in [-0.1, -0.05) is 0 Å². The molecule has 120 valence electrons. The Morgan fingerprint density at radius 1 is 1.33 bits per heavy atom. The first-order chi connectivity index (χ1) is 10.0. The summed E-state index contributed by atoms with van der Waals surface area (Å²) in [5, 5.41) is 16.6. The second-order valence-corrected chi connectivity index (χ2v) is 5.02. The smallest absolute Gasteiger partial charge is 0.326 e. The van der Waals surface area contributed by atoms with Crippen molar-refractivity contribution in [3.05, 3.63) is 0 Å². The first kappa shape index (κ1) is 17.2. The van der Waals surface area contributed by atoms with Crippen molar-refractivity contribution in [3.8, 4) is 0 Å². The van der Waals surface area contributed by atoms with E-state index in [-0.39, 0.29) is 18.9 Å². The molecule has 21 heavy (non-hydrogen) atoms. The summed E-state index contributed by atoms with van der Waals surface area (Å²) in [6.07, 6.45) is 3.05. The molecule has 1 aliphatic rings. The molecule has 0 aromatic heterocycles. The first-order valence-corrected chi connectivity index (χ1v) is 7.08. The number of amides is 3. The van der Waals surface area contributed by atoms with E-state index < -0.39 is 18.0 Å². The van der Waals surface area contributed by atoms with Gasteiger partial charge >= 0.3 is 12.0 Å². The van der Waals surface area contributed by atoms with E-state index in [9.17, 15) is 14.4 Å². The van der Waals surface area contributed by atoms with E-state index in [0.29, 0.717) is 25.5 Å². The zero-order valence-corrected chi connectivity index (χ0v) is 12.2. The zero-order chi connectivity index (χ0) is 15.7. The topological polar surface area (TPSA) is 117 Å². The van der Waals surface area contributed by atoms with Crippen LogP contribution in [0.2, 0.25) is 0 Å². The highest BCUT2D eigenvalue weighted by atomic mass is 16.5. The largest absolute Gasteiger partial charge is 0.480 e. The maximum Gasteiger partial charge on any atom is 0.326 e. The van der Waals surface area contributed by atoms with E-state index >= 15 is 0 Å². The lowest BCUT2D eigenvalue weighted by Gasteiger charge is -2.15. The van der Waals surface area contributed by atoms with Crippen molar-refractivity contribution in [2.75, 3.05) is 20.3 Å². The number of carboxylic acids is 1. The van der Waals surface area contributed by atoms with Crippen LogP contribution >= 0.6 is 0 Å². The number of ether oxygens (including phenoxy) is 1. The van der Waals surface area contributed by atoms with Crippen LogP contribution < -0.4 is 16.0 Å². The number of carbonyl (C=O) groups excluding carboxylic acids is 2. The quantitative estimate of drug-likeness (QED) is 0.418. The van der Waals surface area contributed by atoms with Gasteiger partial charge in [-0.05, 0) is 25.7 Å². The highest BCUT2D eigenvalue weighted by Crippen LogP contribution is 2.18. The molecule has 3 amide bonds. The molecule has 8 nitrogen and oxygen atoms in total. The number of carbonyl (C=O) groups is 3. The van der Waals surface area contributed by atoms with Crippen molar-refractivity contribution in [3.63, 3.8) is 0 Å². The van der Waals surface area contributed by atoms with E-state index in [2.05, 4.69) is 16.0 Å². The standard InChI is InChI=1S/C13H23N3O5/c1-21-8-2-3-10(12(18)19)16-13(20)14-7-6-11(17)15-9-4-5-9/h9-10H,2-8H2,1H3,(H,15,17)(H,18,19)(H2,14,16,20). The zero-order valence-electron chi connectivity index (χ0n) is 12.2. The van der Waals surface area contributed by atoms with E-state index in [4.69, 9.17) is 9.84 Å². The molecule has 0 aromatic rings. The monoisotopic (exact) mass is 301 g/mol. The number of aliphatic carboxylic acids is 1. The Kier molecular flexibility index (Phi) is 7.52. The predicted octanol–water partition coefficient (Wildman–Crippen LogP) is -0.166. The number of hydrogen-bond acceptors (Lipinski definition) is 4. The SMILES string of the molecule is COCCCC(NC(=O)NCCC(=O)NC1CC1)C(=O)O. The maximum atomic E-state index is 11.6. The Morgan fingerprint density at radius 3 is 2.62 bits per heavy atom. The molecule has 1 atom stereocenters. The van der Waals surface area contributed by atoms with Crippen LogP contribution in [-0.4, -0.2) is 55.4 Å². The molecular formula is C13H23N3O5. The van der Waals surface area contributed by atoms with Crippen molar-refractivity contribution in [1.29, 1.82) is 0 Å². The van der Waals surface area contributed by atoms with Gasteiger partial charge in [0.2, 0.25) is 5.91 Å². The highest BCUT2D eigenvalue weighted by molar-refractivity contribution is 5.83. The van der Waals surface area contributed by atoms with E-state index in [1.54, 1.807) is 0 Å². The minimum Gasteiger partial charge on any atom is -0.480 e. The molecule has 1 unspecified atom stereocenters. The fourth-order valence-electron chi connectivity index (χ4n) is 1.72. The summed E-state index contributed by atoms with van der Waals surface area (Å²) in [6.45, 7) is 0.614. The Hall–Kier alpha value is -1.83. The molecule has 0 aliphatic heterocycles. The van der Waals surface area contributed by atoms with Crippen LogP contribution in [0.4, 0.5) is 4.79 Å². The number of hydrogen-bond donors (Lipinski definition) is 4. The van der Waals surface area contributed by atoms with Gasteiger partial charge < -0.3 is 25.8 Å². The maximum absolute atomic E-state index is 11.6. The summed E-state index contributed by atoms with van der Waals surface area (Å²) >= 11 is 0. The normalized spacial score (nSPS) is 15.1. The van der Waals surface area contributed by atoms with Gasteiger partial charge in [0.25, 0.3) is 0 Å². The fourth-order valence-corrected chi connectivity index (χ4v) is 1.72. The molecule has 0 bridgehead atoms. The summed E-state index contributed by atoms with van der Waals surface area (Å²) < 4.78 is 4.84. The van der Waals surface area contributed by atoms with Crippen molar-refractivity contribution < 1.29 is 24.2 Å². The van der Waals surface area contributed by atoms with Crippen LogP contribution in [0.15, 0.2) is 0 Å². The molecule has 0 aromatic carbocycles. The highest BCUT2D eigenvalue weighted by Gasteiger charge is 2.23. The number of rotatable bonds is 10. The molecule has 1 rings (SSSR count). The van der Waals surface area contributed by atoms with E-state index in [0.717, 1.165) is 12.8 Å². The molecule has 1 fully saturated rings. The lowest BCUT2D eigenvalue weighted by Crippen LogP contribution is -2.46. The van der Waals surface area contributed by atoms with Gasteiger partial charge in [0, 0.05) is 32.7 Å². The van der Waals surface area contributed by atoms with Crippen molar-refractivity contribution in [2.24, 2.45) is 0 Å². The third-order valence-electron chi connectivity index (χ3n) is 3.02. The molecule has 4 N–H and O–H groups in total. The minimum atomic E-state index is -1.09. The Labute approximate surface area is 123 Å². The van der Waals surface area contributed by atoms with Gasteiger partial charge in [-0.2, -0.15) is 0 Å². The second kappa shape index (κ2) is 9.17. The molecule has 1 aliphatic carbocycles. The summed E-state index contributed by atoms with van der Waals surface area (Å²) in [5.74, 6) is -1.19. The number of urea groups is 1. The Bertz CT molecular complexity index is 371. The van der Waals surface area contributed by atoms with Gasteiger partial charge in [0.15, 0.2) is 0 Å². The fraction of sp³-hybridized carbons (Fsp3) is 0.769. The molecule has 1 saturated carbocycles. The molecule has 0 heterocycles. The summed E-state index contributed by atoms with van der Waals surface area (Å²) in [6, 6.07) is -1.25. The van der Waals surface area contributed by atoms with E-state index in [1.807, 2.05) is 0 Å². The van der Waals surface area contributed by atoms with Crippen LogP contribution in [0.3, 0.4) is 0 Å². The van der Waals surface area contributed by atoms with E-state index in [1.165, 1.54) is 7.11 Å². The minimum absolute atomic E-state index is 0.104. The third kappa shape index (κ3) is 8.13. The van der Waals surface area contributed by atoms with Gasteiger partial charge in [0.1, 0.15) is 6.04 Å². The Balaban J connectivity index is 2.16. The summed E-state index contributed by atoms with van der Waals surface area (Å²) in [4.78, 5) is 33.9. The average Bonchev–Trinajstić information content (AvgIpc) is 3.21. The van der Waals surface area contributed by atoms with Crippen LogP contribution in [0.25, 0.3) is 0 Å². The van der Waals surface area contributed by atoms with Crippen LogP contribution in [0, 0.1) is 0 Å². The third-order valence-corrected chi connectivity index (χ3v) is 3.02. The lowest BCUT2D eigenvalue weighted by atomic mass is 10.1. The summed E-state index contributed by atoms with van der Waals surface area (Å²) in [5.41, 5.74) is 0. The predicted molar refractivity (Wildman–Crippen MR) is 74.8 cm³/mol. The van der Waals surface area contributed by atoms with Gasteiger partial charge in [-0.3, -0.25) is 4.79 Å². The van der Waals surface area contributed by atoms with Crippen molar-refractivity contribution in [2.45, 2.75) is 44.2 Å². The Morgan fingerprint density at radius 2 is 2.05 bits per heavy atom. The number of nitrogens with one attached hydrogen (secondary N) is 3. The number of carboxylic acid groups (broad SMARTS) is 1. The molecular weight excluding hydrogens is 278 g/mol. The van der Waals surface area contributed by atoms with Crippen molar-refractivity contribution >= 4 is 17.9 Å². The molecule has 8 heteroatoms. The molecule has 0 radical (unpaired) electrons. The van der Waals surface area contributed by atoms with Gasteiger partial charge in [-0.25, -0.2) is 9.59 Å². The van der Waals surface area contributed by atoms with Gasteiger partial charge in [-0.15, -0.1) is 0 Å². The first-order valence-electron chi connectivity index (χ1n) is 7.08. The average molecular weight is 301 g/mol. The molecule has 0 saturated heterocycles. The number of methoxy groups -OCH3 is 1. The second-order valence-electron chi connectivity index (χ2n) is 5.02. The van der Waals surface area contributed by atoms with Gasteiger partial charge in [0.05, 0.1) is 0 Å². The molecule has 0 spiro atoms. The van der Waals surface area contributed by atoms with Crippen LogP contribution in [0.1, 0.15) is 32.1 Å². The summed E-state index contributed by atoms with van der Waals surface area (Å²) in [7, 11) is 1.53. The van der Waals surface area contributed by atoms with Crippen LogP contribution in [0.5, 0.6) is 0 Å². The van der Waals surface area contributed by atoms with Crippen LogP contribution in [-0.2, 0) is 14.3 Å². The van der Waals surface area contributed by atoms with Crippen molar-refractivity contribution in [1.82, 2.24) is 16.0 Å². The lowest BCUT2D eigenvalue weighted by molar-refractivity contribution is -0.139.